The average Bonchev–Trinajstić information content (AvgIpc) is 2.15. The zero-order chi connectivity index (χ0) is 10.9. The van der Waals surface area contributed by atoms with Crippen molar-refractivity contribution in [2.45, 2.75) is 39.3 Å². The van der Waals surface area contributed by atoms with Gasteiger partial charge in [-0.2, -0.15) is 0 Å². The highest BCUT2D eigenvalue weighted by atomic mass is 16.5. The van der Waals surface area contributed by atoms with Gasteiger partial charge in [0.05, 0.1) is 32.0 Å². The lowest BCUT2D eigenvalue weighted by molar-refractivity contribution is -0.123. The molecule has 0 spiro atoms. The Kier molecular flexibility index (Phi) is 3.33. The Hall–Kier alpha value is -0.120. The molecule has 2 aliphatic heterocycles. The summed E-state index contributed by atoms with van der Waals surface area (Å²) in [5.74, 6) is 0. The molecule has 0 aromatic heterocycles. The van der Waals surface area contributed by atoms with E-state index in [1.165, 1.54) is 0 Å². The minimum absolute atomic E-state index is 0.365. The van der Waals surface area contributed by atoms with Gasteiger partial charge in [-0.3, -0.25) is 4.90 Å². The zero-order valence-corrected chi connectivity index (χ0v) is 10.2. The van der Waals surface area contributed by atoms with Crippen molar-refractivity contribution in [3.05, 3.63) is 0 Å². The smallest absolute Gasteiger partial charge is 0.0707 e. The maximum Gasteiger partial charge on any atom is 0.0707 e. The fourth-order valence-corrected chi connectivity index (χ4v) is 2.45. The van der Waals surface area contributed by atoms with Crippen LogP contribution < -0.4 is 0 Å². The van der Waals surface area contributed by atoms with Crippen LogP contribution in [0.4, 0.5) is 0 Å². The molecule has 2 fully saturated rings. The molecule has 0 N–H and O–H groups in total. The van der Waals surface area contributed by atoms with E-state index >= 15 is 0 Å². The Bertz CT molecular complexity index is 212. The molecule has 2 aliphatic rings. The summed E-state index contributed by atoms with van der Waals surface area (Å²) in [6.45, 7) is 11.6. The van der Waals surface area contributed by atoms with Gasteiger partial charge in [0.15, 0.2) is 0 Å². The zero-order valence-electron chi connectivity index (χ0n) is 10.2. The maximum absolute atomic E-state index is 5.90. The molecular weight excluding hydrogens is 190 g/mol. The highest BCUT2D eigenvalue weighted by Crippen LogP contribution is 2.26. The summed E-state index contributed by atoms with van der Waals surface area (Å²) >= 11 is 0. The van der Waals surface area contributed by atoms with Crippen LogP contribution in [0, 0.1) is 5.41 Å². The van der Waals surface area contributed by atoms with E-state index in [0.717, 1.165) is 39.3 Å². The van der Waals surface area contributed by atoms with Crippen LogP contribution in [0.3, 0.4) is 0 Å². The molecule has 2 saturated heterocycles. The van der Waals surface area contributed by atoms with Gasteiger partial charge in [-0.05, 0) is 11.8 Å². The molecule has 88 valence electrons. The molecule has 2 heterocycles. The summed E-state index contributed by atoms with van der Waals surface area (Å²) in [6.07, 6.45) is 1.57. The molecule has 0 aromatic carbocycles. The van der Waals surface area contributed by atoms with Gasteiger partial charge in [0, 0.05) is 13.1 Å². The van der Waals surface area contributed by atoms with E-state index in [9.17, 15) is 0 Å². The lowest BCUT2D eigenvalue weighted by Gasteiger charge is -2.43. The van der Waals surface area contributed by atoms with Gasteiger partial charge in [0.1, 0.15) is 0 Å². The van der Waals surface area contributed by atoms with Crippen molar-refractivity contribution >= 4 is 0 Å². The second-order valence-electron chi connectivity index (χ2n) is 5.94. The Balaban J connectivity index is 1.85. The van der Waals surface area contributed by atoms with Crippen LogP contribution in [0.2, 0.25) is 0 Å². The molecule has 15 heavy (non-hydrogen) atoms. The van der Waals surface area contributed by atoms with E-state index in [2.05, 4.69) is 25.7 Å². The van der Waals surface area contributed by atoms with Crippen molar-refractivity contribution < 1.29 is 9.47 Å². The summed E-state index contributed by atoms with van der Waals surface area (Å²) in [5.41, 5.74) is 0.365. The molecule has 3 nitrogen and oxygen atoms in total. The molecule has 0 bridgehead atoms. The van der Waals surface area contributed by atoms with Crippen LogP contribution in [-0.4, -0.2) is 50.0 Å². The molecule has 2 rings (SSSR count). The summed E-state index contributed by atoms with van der Waals surface area (Å²) in [7, 11) is 0. The van der Waals surface area contributed by atoms with Gasteiger partial charge in [0.2, 0.25) is 0 Å². The Morgan fingerprint density at radius 3 is 2.80 bits per heavy atom. The SMILES string of the molecule is CC(C)(C)CC1CN2CCOCC2CO1. The third kappa shape index (κ3) is 3.16. The van der Waals surface area contributed by atoms with Crippen LogP contribution in [0.15, 0.2) is 0 Å². The third-order valence-electron chi connectivity index (χ3n) is 3.15. The van der Waals surface area contributed by atoms with Gasteiger partial charge < -0.3 is 9.47 Å². The second kappa shape index (κ2) is 4.40. The van der Waals surface area contributed by atoms with Gasteiger partial charge >= 0.3 is 0 Å². The van der Waals surface area contributed by atoms with Crippen molar-refractivity contribution in [2.24, 2.45) is 5.41 Å². The average molecular weight is 213 g/mol. The summed E-state index contributed by atoms with van der Waals surface area (Å²) < 4.78 is 11.4. The lowest BCUT2D eigenvalue weighted by Crippen LogP contribution is -2.55. The summed E-state index contributed by atoms with van der Waals surface area (Å²) in [6, 6.07) is 0.509. The van der Waals surface area contributed by atoms with E-state index < -0.39 is 0 Å². The normalized spacial score (nSPS) is 33.8. The Morgan fingerprint density at radius 2 is 2.07 bits per heavy atom. The predicted octanol–water partition coefficient (Wildman–Crippen LogP) is 1.52. The van der Waals surface area contributed by atoms with E-state index in [1.807, 2.05) is 0 Å². The number of hydrogen-bond donors (Lipinski definition) is 0. The highest BCUT2D eigenvalue weighted by molar-refractivity contribution is 4.84. The highest BCUT2D eigenvalue weighted by Gasteiger charge is 2.32. The lowest BCUT2D eigenvalue weighted by atomic mass is 9.88. The number of nitrogens with zero attached hydrogens (tertiary/aromatic N) is 1. The third-order valence-corrected chi connectivity index (χ3v) is 3.15. The van der Waals surface area contributed by atoms with Crippen molar-refractivity contribution in [1.82, 2.24) is 4.90 Å². The largest absolute Gasteiger partial charge is 0.378 e. The van der Waals surface area contributed by atoms with E-state index in [1.54, 1.807) is 0 Å². The molecule has 0 amide bonds. The summed E-state index contributed by atoms with van der Waals surface area (Å²) in [4.78, 5) is 2.53. The van der Waals surface area contributed by atoms with Crippen LogP contribution in [0.5, 0.6) is 0 Å². The second-order valence-corrected chi connectivity index (χ2v) is 5.94. The van der Waals surface area contributed by atoms with E-state index in [0.29, 0.717) is 17.6 Å². The molecule has 2 atom stereocenters. The number of hydrogen-bond acceptors (Lipinski definition) is 3. The van der Waals surface area contributed by atoms with Crippen LogP contribution in [0.25, 0.3) is 0 Å². The number of morpholine rings is 2. The molecule has 0 radical (unpaired) electrons. The van der Waals surface area contributed by atoms with Gasteiger partial charge in [-0.1, -0.05) is 20.8 Å². The standard InChI is InChI=1S/C12H23NO2/c1-12(2,3)6-11-7-13-4-5-14-8-10(13)9-15-11/h10-11H,4-9H2,1-3H3. The van der Waals surface area contributed by atoms with Crippen LogP contribution >= 0.6 is 0 Å². The Labute approximate surface area is 92.7 Å². The molecule has 0 saturated carbocycles. The number of fused-ring (bicyclic) bond motifs is 1. The van der Waals surface area contributed by atoms with E-state index in [4.69, 9.17) is 9.47 Å². The first-order valence-corrected chi connectivity index (χ1v) is 5.98. The van der Waals surface area contributed by atoms with Crippen LogP contribution in [-0.2, 0) is 9.47 Å². The van der Waals surface area contributed by atoms with Crippen molar-refractivity contribution in [3.63, 3.8) is 0 Å². The maximum atomic E-state index is 5.90. The van der Waals surface area contributed by atoms with Crippen molar-refractivity contribution in [2.75, 3.05) is 32.9 Å². The molecular formula is C12H23NO2. The van der Waals surface area contributed by atoms with Gasteiger partial charge in [-0.25, -0.2) is 0 Å². The van der Waals surface area contributed by atoms with Crippen molar-refractivity contribution in [1.29, 1.82) is 0 Å². The fraction of sp³-hybridized carbons (Fsp3) is 1.00. The molecule has 0 aliphatic carbocycles. The Morgan fingerprint density at radius 1 is 1.27 bits per heavy atom. The topological polar surface area (TPSA) is 21.7 Å². The van der Waals surface area contributed by atoms with Gasteiger partial charge in [0.25, 0.3) is 0 Å². The molecule has 0 aromatic rings. The fourth-order valence-electron chi connectivity index (χ4n) is 2.45. The quantitative estimate of drug-likeness (QED) is 0.659. The minimum atomic E-state index is 0.365. The molecule has 2 unspecified atom stereocenters. The predicted molar refractivity (Wildman–Crippen MR) is 60.0 cm³/mol. The first-order chi connectivity index (χ1) is 7.04. The van der Waals surface area contributed by atoms with Gasteiger partial charge in [-0.15, -0.1) is 0 Å². The number of rotatable bonds is 1. The summed E-state index contributed by atoms with van der Waals surface area (Å²) in [5, 5.41) is 0. The monoisotopic (exact) mass is 213 g/mol. The number of ether oxygens (including phenoxy) is 2. The van der Waals surface area contributed by atoms with Crippen molar-refractivity contribution in [3.8, 4) is 0 Å². The minimum Gasteiger partial charge on any atom is -0.378 e. The van der Waals surface area contributed by atoms with Crippen LogP contribution in [0.1, 0.15) is 27.2 Å². The first-order valence-electron chi connectivity index (χ1n) is 5.98. The van der Waals surface area contributed by atoms with E-state index in [-0.39, 0.29) is 0 Å². The first kappa shape index (κ1) is 11.4. The molecule has 3 heteroatoms.